The van der Waals surface area contributed by atoms with Gasteiger partial charge in [-0.2, -0.15) is 4.31 Å². The molecule has 2 heterocycles. The SMILES string of the molecule is C=CC(=O)Nc1cc2c(o1)CN(S(=O)(=O)c1ccc(C(=O)NCc3cc(C)cc(C)c3)cc1)C2. The van der Waals surface area contributed by atoms with Crippen LogP contribution in [0.5, 0.6) is 0 Å². The summed E-state index contributed by atoms with van der Waals surface area (Å²) in [7, 11) is -3.79. The molecule has 2 aromatic carbocycles. The fourth-order valence-electron chi connectivity index (χ4n) is 3.93. The van der Waals surface area contributed by atoms with Gasteiger partial charge in [-0.25, -0.2) is 8.42 Å². The van der Waals surface area contributed by atoms with Crippen molar-refractivity contribution in [1.29, 1.82) is 0 Å². The number of aryl methyl sites for hydroxylation is 2. The number of nitrogens with zero attached hydrogens (tertiary/aromatic N) is 1. The first-order valence-electron chi connectivity index (χ1n) is 10.7. The maximum atomic E-state index is 13.1. The highest BCUT2D eigenvalue weighted by atomic mass is 32.2. The second-order valence-corrected chi connectivity index (χ2v) is 10.2. The molecule has 2 amide bonds. The molecule has 0 bridgehead atoms. The Morgan fingerprint density at radius 3 is 2.35 bits per heavy atom. The Labute approximate surface area is 198 Å². The number of anilines is 1. The zero-order valence-corrected chi connectivity index (χ0v) is 19.7. The van der Waals surface area contributed by atoms with Crippen LogP contribution < -0.4 is 10.6 Å². The molecule has 8 nitrogen and oxygen atoms in total. The molecule has 3 aromatic rings. The van der Waals surface area contributed by atoms with E-state index in [0.717, 1.165) is 22.8 Å². The highest BCUT2D eigenvalue weighted by Gasteiger charge is 2.33. The van der Waals surface area contributed by atoms with Gasteiger partial charge in [-0.1, -0.05) is 35.9 Å². The Hall–Kier alpha value is -3.69. The molecule has 0 fully saturated rings. The Balaban J connectivity index is 1.40. The summed E-state index contributed by atoms with van der Waals surface area (Å²) in [6.45, 7) is 7.95. The number of benzene rings is 2. The van der Waals surface area contributed by atoms with Gasteiger partial charge in [0.15, 0.2) is 5.88 Å². The molecule has 176 valence electrons. The van der Waals surface area contributed by atoms with Crippen molar-refractivity contribution in [1.82, 2.24) is 9.62 Å². The van der Waals surface area contributed by atoms with Crippen LogP contribution in [0, 0.1) is 13.8 Å². The van der Waals surface area contributed by atoms with Crippen molar-refractivity contribution in [2.45, 2.75) is 38.4 Å². The maximum absolute atomic E-state index is 13.1. The minimum Gasteiger partial charge on any atom is -0.444 e. The number of carbonyl (C=O) groups excluding carboxylic acids is 2. The van der Waals surface area contributed by atoms with Crippen LogP contribution in [-0.2, 0) is 34.5 Å². The van der Waals surface area contributed by atoms with Gasteiger partial charge in [0.1, 0.15) is 5.76 Å². The Morgan fingerprint density at radius 2 is 1.74 bits per heavy atom. The van der Waals surface area contributed by atoms with Gasteiger partial charge >= 0.3 is 0 Å². The van der Waals surface area contributed by atoms with Gasteiger partial charge in [0, 0.05) is 30.3 Å². The summed E-state index contributed by atoms with van der Waals surface area (Å²) in [4.78, 5) is 24.0. The highest BCUT2D eigenvalue weighted by molar-refractivity contribution is 7.89. The molecule has 1 aliphatic rings. The van der Waals surface area contributed by atoms with E-state index < -0.39 is 15.9 Å². The topological polar surface area (TPSA) is 109 Å². The van der Waals surface area contributed by atoms with Crippen LogP contribution in [0.25, 0.3) is 0 Å². The van der Waals surface area contributed by atoms with E-state index in [1.165, 1.54) is 28.6 Å². The van der Waals surface area contributed by atoms with Gasteiger partial charge in [0.05, 0.1) is 11.4 Å². The van der Waals surface area contributed by atoms with Gasteiger partial charge in [-0.3, -0.25) is 14.9 Å². The molecule has 0 atom stereocenters. The zero-order chi connectivity index (χ0) is 24.5. The van der Waals surface area contributed by atoms with Crippen molar-refractivity contribution in [2.24, 2.45) is 0 Å². The molecule has 0 radical (unpaired) electrons. The number of amides is 2. The van der Waals surface area contributed by atoms with Crippen molar-refractivity contribution in [3.8, 4) is 0 Å². The first kappa shape index (κ1) is 23.5. The Morgan fingerprint density at radius 1 is 1.06 bits per heavy atom. The summed E-state index contributed by atoms with van der Waals surface area (Å²) < 4.78 is 33.0. The fraction of sp³-hybridized carbons (Fsp3) is 0.200. The first-order chi connectivity index (χ1) is 16.2. The fourth-order valence-corrected chi connectivity index (χ4v) is 5.30. The third kappa shape index (κ3) is 4.95. The van der Waals surface area contributed by atoms with Gasteiger partial charge in [0.2, 0.25) is 15.9 Å². The third-order valence-electron chi connectivity index (χ3n) is 5.48. The molecule has 0 unspecified atom stereocenters. The van der Waals surface area contributed by atoms with E-state index in [0.29, 0.717) is 23.4 Å². The zero-order valence-electron chi connectivity index (χ0n) is 18.9. The van der Waals surface area contributed by atoms with Crippen LogP contribution in [0.2, 0.25) is 0 Å². The Kier molecular flexibility index (Phi) is 6.41. The predicted octanol–water partition coefficient (Wildman–Crippen LogP) is 3.66. The monoisotopic (exact) mass is 479 g/mol. The third-order valence-corrected chi connectivity index (χ3v) is 7.29. The summed E-state index contributed by atoms with van der Waals surface area (Å²) >= 11 is 0. The molecule has 9 heteroatoms. The van der Waals surface area contributed by atoms with E-state index in [2.05, 4.69) is 23.3 Å². The Bertz CT molecular complexity index is 1330. The van der Waals surface area contributed by atoms with Gasteiger partial charge in [-0.15, -0.1) is 0 Å². The molecular formula is C25H25N3O5S. The van der Waals surface area contributed by atoms with E-state index in [1.54, 1.807) is 6.07 Å². The maximum Gasteiger partial charge on any atom is 0.251 e. The van der Waals surface area contributed by atoms with Crippen molar-refractivity contribution in [2.75, 3.05) is 5.32 Å². The molecule has 1 aromatic heterocycles. The summed E-state index contributed by atoms with van der Waals surface area (Å²) in [5.41, 5.74) is 4.31. The number of carbonyl (C=O) groups is 2. The second-order valence-electron chi connectivity index (χ2n) is 8.23. The second kappa shape index (κ2) is 9.28. The molecule has 4 rings (SSSR count). The normalized spacial score (nSPS) is 13.4. The quantitative estimate of drug-likeness (QED) is 0.503. The first-order valence-corrected chi connectivity index (χ1v) is 12.1. The lowest BCUT2D eigenvalue weighted by Gasteiger charge is -2.16. The smallest absolute Gasteiger partial charge is 0.251 e. The van der Waals surface area contributed by atoms with Crippen LogP contribution in [-0.4, -0.2) is 24.5 Å². The molecular weight excluding hydrogens is 454 g/mol. The van der Waals surface area contributed by atoms with E-state index in [9.17, 15) is 18.0 Å². The van der Waals surface area contributed by atoms with Crippen LogP contribution in [0.4, 0.5) is 5.88 Å². The van der Waals surface area contributed by atoms with E-state index in [-0.39, 0.29) is 29.8 Å². The molecule has 0 saturated heterocycles. The van der Waals surface area contributed by atoms with Crippen molar-refractivity contribution < 1.29 is 22.4 Å². The number of fused-ring (bicyclic) bond motifs is 1. The number of hydrogen-bond acceptors (Lipinski definition) is 5. The molecule has 2 N–H and O–H groups in total. The molecule has 34 heavy (non-hydrogen) atoms. The molecule has 1 aliphatic heterocycles. The number of nitrogens with one attached hydrogen (secondary N) is 2. The van der Waals surface area contributed by atoms with Crippen LogP contribution >= 0.6 is 0 Å². The molecule has 0 spiro atoms. The minimum absolute atomic E-state index is 0.0553. The molecule has 0 saturated carbocycles. The number of hydrogen-bond donors (Lipinski definition) is 2. The lowest BCUT2D eigenvalue weighted by molar-refractivity contribution is -0.112. The van der Waals surface area contributed by atoms with Crippen molar-refractivity contribution >= 4 is 27.7 Å². The van der Waals surface area contributed by atoms with Crippen LogP contribution in [0.3, 0.4) is 0 Å². The average molecular weight is 480 g/mol. The summed E-state index contributed by atoms with van der Waals surface area (Å²) in [5.74, 6) is 0.0426. The van der Waals surface area contributed by atoms with Crippen LogP contribution in [0.1, 0.15) is 38.4 Å². The predicted molar refractivity (Wildman–Crippen MR) is 127 cm³/mol. The van der Waals surface area contributed by atoms with Gasteiger partial charge < -0.3 is 9.73 Å². The number of rotatable bonds is 7. The number of furan rings is 1. The highest BCUT2D eigenvalue weighted by Crippen LogP contribution is 2.32. The van der Waals surface area contributed by atoms with E-state index in [4.69, 9.17) is 4.42 Å². The van der Waals surface area contributed by atoms with Crippen LogP contribution in [0.15, 0.2) is 70.5 Å². The standard InChI is InChI=1S/C25H25N3O5S/c1-4-23(29)27-24-12-20-14-28(15-22(20)33-24)34(31,32)21-7-5-19(6-8-21)25(30)26-13-18-10-16(2)9-17(3)11-18/h4-12H,1,13-15H2,2-3H3,(H,26,30)(H,27,29). The van der Waals surface area contributed by atoms with Crippen molar-refractivity contribution in [3.05, 3.63) is 94.8 Å². The summed E-state index contributed by atoms with van der Waals surface area (Å²) in [6.07, 6.45) is 1.12. The summed E-state index contributed by atoms with van der Waals surface area (Å²) in [5, 5.41) is 5.39. The van der Waals surface area contributed by atoms with Crippen molar-refractivity contribution in [3.63, 3.8) is 0 Å². The van der Waals surface area contributed by atoms with Gasteiger partial charge in [-0.05, 0) is 49.8 Å². The lowest BCUT2D eigenvalue weighted by atomic mass is 10.1. The van der Waals surface area contributed by atoms with Gasteiger partial charge in [0.25, 0.3) is 5.91 Å². The number of sulfonamides is 1. The van der Waals surface area contributed by atoms with E-state index >= 15 is 0 Å². The lowest BCUT2D eigenvalue weighted by Crippen LogP contribution is -2.26. The minimum atomic E-state index is -3.79. The molecule has 0 aliphatic carbocycles. The summed E-state index contributed by atoms with van der Waals surface area (Å²) in [6, 6.07) is 13.6. The largest absolute Gasteiger partial charge is 0.444 e. The van der Waals surface area contributed by atoms with E-state index in [1.807, 2.05) is 26.0 Å². The average Bonchev–Trinajstić information content (AvgIpc) is 3.36.